The van der Waals surface area contributed by atoms with Gasteiger partial charge in [0.1, 0.15) is 0 Å². The molecule has 0 nitrogen and oxygen atoms in total. The first kappa shape index (κ1) is 48.8. The second-order valence-corrected chi connectivity index (χ2v) is 25.4. The first-order valence-electron chi connectivity index (χ1n) is 22.6. The molecule has 0 heterocycles. The molecule has 4 heteroatoms. The van der Waals surface area contributed by atoms with E-state index in [1.54, 1.807) is 0 Å². The molecule has 6 aromatic carbocycles. The van der Waals surface area contributed by atoms with Crippen LogP contribution in [0.3, 0.4) is 0 Å². The van der Waals surface area contributed by atoms with Gasteiger partial charge in [-0.1, -0.05) is 179 Å². The van der Waals surface area contributed by atoms with Crippen LogP contribution in [0, 0.1) is 10.8 Å². The van der Waals surface area contributed by atoms with E-state index < -0.39 is 20.8 Å². The second kappa shape index (κ2) is 21.9. The normalized spacial score (nSPS) is 16.1. The number of fused-ring (bicyclic) bond motifs is 2. The molecule has 0 amide bonds. The molecule has 0 N–H and O–H groups in total. The van der Waals surface area contributed by atoms with E-state index in [0.29, 0.717) is 10.8 Å². The Bertz CT molecular complexity index is 2040. The molecule has 6 aromatic rings. The predicted octanol–water partition coefficient (Wildman–Crippen LogP) is 18.2. The summed E-state index contributed by atoms with van der Waals surface area (Å²) in [7, 11) is 11.0. The minimum absolute atomic E-state index is 0.202. The standard InChI is InChI=1S/2C27H33.C2H6Si.2ClH.Zr/c2*1-26(2,3)23-13-11-21(12-14-23)24-10-8-9-22-17-20(18-25(22)24)19-27(4)15-6-5-7-16-27;1-3-2;;;/h2*8-14,17-18H,5-7,15-16,19H2,1-4H3;1-2H3;2*1H;/q2*-1;;;;+4/p-2. The van der Waals surface area contributed by atoms with Gasteiger partial charge in [0.05, 0.1) is 0 Å². The van der Waals surface area contributed by atoms with Gasteiger partial charge in [0.2, 0.25) is 0 Å². The number of halogens is 2. The molecule has 2 saturated carbocycles. The van der Waals surface area contributed by atoms with Gasteiger partial charge in [0.25, 0.3) is 0 Å². The average molecular weight is 935 g/mol. The molecular formula is C56H72Cl2SiZr. The molecule has 2 fully saturated rings. The van der Waals surface area contributed by atoms with E-state index in [2.05, 4.69) is 178 Å². The average Bonchev–Trinajstić information content (AvgIpc) is 3.81. The fraction of sp³-hybridized carbons (Fsp3) is 0.464. The SMILES string of the molecule is CC1(Cc2cc3c(-c4ccc(C(C)(C)C)cc4)cccc3[cH-]2)CCCCC1.CC1(Cc2cc3c(-c4ccc(C(C)(C)C)cc4)cccc3[cH-]2)CCCCC1.C[Si]C.[Cl][Zr+2][Cl]. The van der Waals surface area contributed by atoms with Gasteiger partial charge >= 0.3 is 37.9 Å². The van der Waals surface area contributed by atoms with E-state index in [0.717, 1.165) is 9.52 Å². The molecule has 2 aliphatic carbocycles. The summed E-state index contributed by atoms with van der Waals surface area (Å²) in [4.78, 5) is 0. The zero-order chi connectivity index (χ0) is 43.6. The van der Waals surface area contributed by atoms with Crippen LogP contribution in [0.2, 0.25) is 13.1 Å². The van der Waals surface area contributed by atoms with E-state index in [4.69, 9.17) is 17.0 Å². The summed E-state index contributed by atoms with van der Waals surface area (Å²) in [5.41, 5.74) is 12.6. The predicted molar refractivity (Wildman–Crippen MR) is 266 cm³/mol. The van der Waals surface area contributed by atoms with Gasteiger partial charge in [-0.15, -0.1) is 69.1 Å². The van der Waals surface area contributed by atoms with Crippen molar-refractivity contribution in [3.63, 3.8) is 0 Å². The summed E-state index contributed by atoms with van der Waals surface area (Å²) >= 11 is -0.826. The van der Waals surface area contributed by atoms with Crippen molar-refractivity contribution in [3.8, 4) is 22.3 Å². The summed E-state index contributed by atoms with van der Waals surface area (Å²) in [5.74, 6) is 0. The zero-order valence-corrected chi connectivity index (χ0v) is 43.6. The monoisotopic (exact) mass is 932 g/mol. The topological polar surface area (TPSA) is 0 Å². The molecule has 8 rings (SSSR count). The molecule has 0 aromatic heterocycles. The van der Waals surface area contributed by atoms with Crippen LogP contribution in [0.1, 0.15) is 142 Å². The van der Waals surface area contributed by atoms with E-state index in [1.165, 1.54) is 143 Å². The first-order valence-corrected chi connectivity index (χ1v) is 31.0. The van der Waals surface area contributed by atoms with Crippen LogP contribution < -0.4 is 0 Å². The minimum atomic E-state index is -0.826. The summed E-state index contributed by atoms with van der Waals surface area (Å²) in [6, 6.07) is 41.7. The Hall–Kier alpha value is -2.22. The number of benzene rings is 4. The van der Waals surface area contributed by atoms with Gasteiger partial charge in [-0.3, -0.25) is 0 Å². The molecule has 2 aliphatic rings. The van der Waals surface area contributed by atoms with Crippen molar-refractivity contribution in [2.75, 3.05) is 0 Å². The zero-order valence-electron chi connectivity index (χ0n) is 38.6. The maximum absolute atomic E-state index is 4.93. The van der Waals surface area contributed by atoms with Crippen molar-refractivity contribution in [2.24, 2.45) is 10.8 Å². The number of rotatable bonds is 6. The van der Waals surface area contributed by atoms with Crippen molar-refractivity contribution < 1.29 is 20.8 Å². The van der Waals surface area contributed by atoms with Gasteiger partial charge in [0, 0.05) is 9.52 Å². The van der Waals surface area contributed by atoms with Crippen molar-refractivity contribution in [3.05, 3.63) is 131 Å². The quantitative estimate of drug-likeness (QED) is 0.115. The third kappa shape index (κ3) is 13.4. The molecule has 0 bridgehead atoms. The van der Waals surface area contributed by atoms with Crippen LogP contribution in [0.4, 0.5) is 0 Å². The van der Waals surface area contributed by atoms with Gasteiger partial charge in [0.15, 0.2) is 0 Å². The molecule has 60 heavy (non-hydrogen) atoms. The Labute approximate surface area is 386 Å². The van der Waals surface area contributed by atoms with Crippen molar-refractivity contribution >= 4 is 48.1 Å². The van der Waals surface area contributed by atoms with Crippen LogP contribution in [0.15, 0.2) is 109 Å². The summed E-state index contributed by atoms with van der Waals surface area (Å²) in [6.45, 7) is 23.0. The Balaban J connectivity index is 0.000000201. The molecule has 2 radical (unpaired) electrons. The maximum atomic E-state index is 4.93. The van der Waals surface area contributed by atoms with Gasteiger partial charge in [-0.25, -0.2) is 0 Å². The van der Waals surface area contributed by atoms with Crippen molar-refractivity contribution in [1.82, 2.24) is 0 Å². The molecule has 318 valence electrons. The molecule has 0 unspecified atom stereocenters. The van der Waals surface area contributed by atoms with E-state index in [-0.39, 0.29) is 10.8 Å². The van der Waals surface area contributed by atoms with E-state index >= 15 is 0 Å². The van der Waals surface area contributed by atoms with Crippen molar-refractivity contribution in [1.29, 1.82) is 0 Å². The summed E-state index contributed by atoms with van der Waals surface area (Å²) in [6.07, 6.45) is 16.5. The first-order chi connectivity index (χ1) is 28.5. The number of hydrogen-bond donors (Lipinski definition) is 0. The molecule has 0 spiro atoms. The molecular weight excluding hydrogens is 863 g/mol. The van der Waals surface area contributed by atoms with Crippen LogP contribution in [0.5, 0.6) is 0 Å². The Morgan fingerprint density at radius 3 is 1.15 bits per heavy atom. The fourth-order valence-corrected chi connectivity index (χ4v) is 9.75. The number of hydrogen-bond acceptors (Lipinski definition) is 0. The Kier molecular flexibility index (Phi) is 17.8. The van der Waals surface area contributed by atoms with Gasteiger partial charge in [-0.05, 0) is 82.4 Å². The third-order valence-electron chi connectivity index (χ3n) is 13.1. The van der Waals surface area contributed by atoms with E-state index in [1.807, 2.05) is 0 Å². The third-order valence-corrected chi connectivity index (χ3v) is 13.1. The van der Waals surface area contributed by atoms with Crippen LogP contribution in [0.25, 0.3) is 43.8 Å². The van der Waals surface area contributed by atoms with Gasteiger partial charge in [-0.2, -0.15) is 12.1 Å². The second-order valence-electron chi connectivity index (χ2n) is 20.7. The Morgan fingerprint density at radius 2 is 0.850 bits per heavy atom. The molecule has 0 saturated heterocycles. The van der Waals surface area contributed by atoms with Gasteiger partial charge < -0.3 is 0 Å². The van der Waals surface area contributed by atoms with Crippen molar-refractivity contribution in [2.45, 2.75) is 156 Å². The van der Waals surface area contributed by atoms with Crippen LogP contribution >= 0.6 is 17.0 Å². The fourth-order valence-electron chi connectivity index (χ4n) is 9.75. The molecule has 0 atom stereocenters. The summed E-state index contributed by atoms with van der Waals surface area (Å²) < 4.78 is 0. The Morgan fingerprint density at radius 1 is 0.533 bits per heavy atom. The molecule has 0 aliphatic heterocycles. The van der Waals surface area contributed by atoms with Crippen LogP contribution in [-0.4, -0.2) is 9.52 Å². The van der Waals surface area contributed by atoms with Crippen LogP contribution in [-0.2, 0) is 44.5 Å². The van der Waals surface area contributed by atoms with E-state index in [9.17, 15) is 0 Å². The summed E-state index contributed by atoms with van der Waals surface area (Å²) in [5, 5.41) is 5.61.